The highest BCUT2D eigenvalue weighted by atomic mass is 16.1. The lowest BCUT2D eigenvalue weighted by atomic mass is 9.94. The van der Waals surface area contributed by atoms with Crippen molar-refractivity contribution in [1.82, 2.24) is 19.1 Å². The molecule has 0 aliphatic carbocycles. The Balaban J connectivity index is 1.33. The molecule has 0 radical (unpaired) electrons. The quantitative estimate of drug-likeness (QED) is 0.200. The number of hydrogen-bond acceptors (Lipinski definition) is 3. The van der Waals surface area contributed by atoms with Gasteiger partial charge in [0.1, 0.15) is 0 Å². The Kier molecular flexibility index (Phi) is 5.98. The maximum Gasteiger partial charge on any atom is 0.328 e. The molecule has 210 valence electrons. The number of hydrogen-bond donors (Lipinski definition) is 0. The molecule has 0 spiro atoms. The van der Waals surface area contributed by atoms with Crippen molar-refractivity contribution < 1.29 is 0 Å². The first-order valence-electron chi connectivity index (χ1n) is 14.7. The number of imidazole rings is 1. The molecule has 0 atom stereocenters. The van der Waals surface area contributed by atoms with E-state index in [1.807, 2.05) is 31.3 Å². The summed E-state index contributed by atoms with van der Waals surface area (Å²) >= 11 is 0. The van der Waals surface area contributed by atoms with Crippen LogP contribution in [-0.4, -0.2) is 19.1 Å². The number of aromatic nitrogens is 4. The van der Waals surface area contributed by atoms with Gasteiger partial charge in [0.15, 0.2) is 5.82 Å². The lowest BCUT2D eigenvalue weighted by molar-refractivity contribution is 0.795. The van der Waals surface area contributed by atoms with E-state index in [2.05, 4.69) is 109 Å². The molecule has 0 fully saturated rings. The molecule has 2 aromatic heterocycles. The second kappa shape index (κ2) is 10.2. The van der Waals surface area contributed by atoms with E-state index in [0.717, 1.165) is 55.6 Å². The van der Waals surface area contributed by atoms with Crippen LogP contribution in [-0.2, 0) is 14.1 Å². The van der Waals surface area contributed by atoms with Gasteiger partial charge in [0.2, 0.25) is 0 Å². The normalized spacial score (nSPS) is 11.5. The molecular weight excluding hydrogens is 540 g/mol. The summed E-state index contributed by atoms with van der Waals surface area (Å²) < 4.78 is 3.37. The van der Waals surface area contributed by atoms with Crippen LogP contribution in [0.1, 0.15) is 0 Å². The Morgan fingerprint density at radius 1 is 0.477 bits per heavy atom. The van der Waals surface area contributed by atoms with Crippen LogP contribution >= 0.6 is 0 Å². The molecule has 2 heterocycles. The highest BCUT2D eigenvalue weighted by Crippen LogP contribution is 2.37. The van der Waals surface area contributed by atoms with Gasteiger partial charge in [0.05, 0.1) is 22.4 Å². The molecule has 8 aromatic rings. The summed E-state index contributed by atoms with van der Waals surface area (Å²) in [6.45, 7) is 0. The minimum Gasteiger partial charge on any atom is -0.295 e. The number of benzene rings is 6. The third-order valence-corrected chi connectivity index (χ3v) is 8.57. The first-order valence-corrected chi connectivity index (χ1v) is 14.7. The molecule has 0 saturated carbocycles. The van der Waals surface area contributed by atoms with Crippen LogP contribution in [0.2, 0.25) is 0 Å². The van der Waals surface area contributed by atoms with Crippen LogP contribution < -0.4 is 5.69 Å². The average molecular weight is 569 g/mol. The van der Waals surface area contributed by atoms with Gasteiger partial charge in [-0.1, -0.05) is 103 Å². The van der Waals surface area contributed by atoms with Gasteiger partial charge in [0.25, 0.3) is 0 Å². The molecule has 5 nitrogen and oxygen atoms in total. The summed E-state index contributed by atoms with van der Waals surface area (Å²) in [7, 11) is 3.62. The topological polar surface area (TPSA) is 52.7 Å². The summed E-state index contributed by atoms with van der Waals surface area (Å²) in [5.41, 5.74) is 8.63. The van der Waals surface area contributed by atoms with Crippen molar-refractivity contribution in [3.05, 3.63) is 144 Å². The van der Waals surface area contributed by atoms with E-state index < -0.39 is 0 Å². The molecular formula is C39H28N4O. The Hall–Kier alpha value is -5.81. The van der Waals surface area contributed by atoms with E-state index in [9.17, 15) is 4.79 Å². The van der Waals surface area contributed by atoms with E-state index in [1.165, 1.54) is 16.2 Å². The number of fused-ring (bicyclic) bond motifs is 4. The van der Waals surface area contributed by atoms with Crippen molar-refractivity contribution in [1.29, 1.82) is 0 Å². The third-order valence-electron chi connectivity index (χ3n) is 8.57. The van der Waals surface area contributed by atoms with Crippen molar-refractivity contribution in [3.63, 3.8) is 0 Å². The zero-order valence-corrected chi connectivity index (χ0v) is 24.4. The van der Waals surface area contributed by atoms with E-state index in [4.69, 9.17) is 9.97 Å². The van der Waals surface area contributed by atoms with Crippen LogP contribution in [0.3, 0.4) is 0 Å². The maximum atomic E-state index is 12.5. The fraction of sp³-hybridized carbons (Fsp3) is 0.0513. The molecule has 0 saturated heterocycles. The molecule has 0 N–H and O–H groups in total. The lowest BCUT2D eigenvalue weighted by Crippen LogP contribution is -2.19. The minimum absolute atomic E-state index is 0.0333. The number of aryl methyl sites for hydroxylation is 2. The zero-order chi connectivity index (χ0) is 29.8. The summed E-state index contributed by atoms with van der Waals surface area (Å²) in [4.78, 5) is 22.8. The van der Waals surface area contributed by atoms with Crippen LogP contribution in [0.5, 0.6) is 0 Å². The fourth-order valence-electron chi connectivity index (χ4n) is 6.26. The first-order chi connectivity index (χ1) is 21.5. The largest absolute Gasteiger partial charge is 0.328 e. The van der Waals surface area contributed by atoms with E-state index >= 15 is 0 Å². The molecule has 0 amide bonds. The van der Waals surface area contributed by atoms with Crippen LogP contribution in [0.15, 0.2) is 138 Å². The molecule has 0 unspecified atom stereocenters. The number of nitrogens with zero attached hydrogens (tertiary/aromatic N) is 4. The summed E-state index contributed by atoms with van der Waals surface area (Å²) in [6.07, 6.45) is 0. The Morgan fingerprint density at radius 2 is 1.11 bits per heavy atom. The minimum atomic E-state index is -0.0333. The van der Waals surface area contributed by atoms with E-state index in [-0.39, 0.29) is 5.69 Å². The van der Waals surface area contributed by atoms with Gasteiger partial charge in [-0.05, 0) is 63.0 Å². The second-order valence-corrected chi connectivity index (χ2v) is 11.2. The summed E-state index contributed by atoms with van der Waals surface area (Å²) in [6, 6.07) is 46.1. The maximum absolute atomic E-state index is 12.5. The van der Waals surface area contributed by atoms with Crippen LogP contribution in [0, 0.1) is 0 Å². The van der Waals surface area contributed by atoms with Gasteiger partial charge in [-0.3, -0.25) is 9.13 Å². The summed E-state index contributed by atoms with van der Waals surface area (Å²) in [5.74, 6) is 0.682. The average Bonchev–Trinajstić information content (AvgIpc) is 3.31. The Morgan fingerprint density at radius 3 is 1.95 bits per heavy atom. The monoisotopic (exact) mass is 568 g/mol. The highest BCUT2D eigenvalue weighted by molar-refractivity contribution is 6.13. The predicted octanol–water partition coefficient (Wildman–Crippen LogP) is 8.64. The highest BCUT2D eigenvalue weighted by Gasteiger charge is 2.15. The van der Waals surface area contributed by atoms with Crippen LogP contribution in [0.4, 0.5) is 0 Å². The Bertz CT molecular complexity index is 2440. The molecule has 0 aliphatic rings. The van der Waals surface area contributed by atoms with E-state index in [0.29, 0.717) is 5.82 Å². The van der Waals surface area contributed by atoms with Crippen molar-refractivity contribution >= 4 is 32.6 Å². The van der Waals surface area contributed by atoms with Gasteiger partial charge >= 0.3 is 5.69 Å². The molecule has 0 aliphatic heterocycles. The van der Waals surface area contributed by atoms with Gasteiger partial charge in [-0.25, -0.2) is 14.8 Å². The summed E-state index contributed by atoms with van der Waals surface area (Å²) in [5, 5.41) is 4.76. The predicted molar refractivity (Wildman–Crippen MR) is 181 cm³/mol. The van der Waals surface area contributed by atoms with Gasteiger partial charge < -0.3 is 0 Å². The standard InChI is InChI=1S/C39H28N4O/c1-42-36-20-19-27(23-37(36)43(2)39(42)44)26-14-10-15-29(21-26)34-24-35(41-38(40-34)25-11-4-3-5-12-25)33-22-28-13-6-7-16-30(28)31-17-8-9-18-32(31)33/h3-24H,1-2H3. The smallest absolute Gasteiger partial charge is 0.295 e. The van der Waals surface area contributed by atoms with Gasteiger partial charge in [0, 0.05) is 30.8 Å². The SMILES string of the molecule is Cn1c(=O)n(C)c2cc(-c3cccc(-c4cc(-c5cc6ccccc6c6ccccc56)nc(-c5ccccc5)n4)c3)ccc21. The first kappa shape index (κ1) is 25.9. The third kappa shape index (κ3) is 4.21. The van der Waals surface area contributed by atoms with Crippen molar-refractivity contribution in [2.24, 2.45) is 14.1 Å². The molecule has 44 heavy (non-hydrogen) atoms. The second-order valence-electron chi connectivity index (χ2n) is 11.2. The Labute approximate surface area is 254 Å². The van der Waals surface area contributed by atoms with Crippen molar-refractivity contribution in [3.8, 4) is 45.0 Å². The van der Waals surface area contributed by atoms with Gasteiger partial charge in [-0.15, -0.1) is 0 Å². The molecule has 0 bridgehead atoms. The number of rotatable bonds is 4. The molecule has 5 heteroatoms. The van der Waals surface area contributed by atoms with Gasteiger partial charge in [-0.2, -0.15) is 0 Å². The molecule has 6 aromatic carbocycles. The fourth-order valence-corrected chi connectivity index (χ4v) is 6.26. The van der Waals surface area contributed by atoms with E-state index in [1.54, 1.807) is 16.2 Å². The van der Waals surface area contributed by atoms with Crippen LogP contribution in [0.25, 0.3) is 77.6 Å². The van der Waals surface area contributed by atoms with Crippen molar-refractivity contribution in [2.75, 3.05) is 0 Å². The lowest BCUT2D eigenvalue weighted by Gasteiger charge is -2.14. The molecule has 8 rings (SSSR count). The zero-order valence-electron chi connectivity index (χ0n) is 24.4. The van der Waals surface area contributed by atoms with Crippen molar-refractivity contribution in [2.45, 2.75) is 0 Å².